The minimum absolute atomic E-state index is 0.176. The summed E-state index contributed by atoms with van der Waals surface area (Å²) in [7, 11) is 1.40. The Balaban J connectivity index is 1.000. The summed E-state index contributed by atoms with van der Waals surface area (Å²) in [5, 5.41) is 0.576. The standard InChI is InChI=1S/C32H31ClN4O5/c1-32(27-9-7-19(33)13-34-27)41-26-5-3-4-21(30(26)42-32)29-22-15-36(16-23(22)29)17-28-35-24-8-6-18(31(38)39-2)12-25(24)37(28)14-20-10-11-40-20/h3-9,12-13,20,22-23,29H,10-11,14-17H2,1-2H3/t20-,22-,23+,29?,32?/m0/s1. The summed E-state index contributed by atoms with van der Waals surface area (Å²) in [5.74, 6) is 2.80. The van der Waals surface area contributed by atoms with Crippen LogP contribution in [0.25, 0.3) is 11.0 Å². The van der Waals surface area contributed by atoms with E-state index in [-0.39, 0.29) is 12.1 Å². The highest BCUT2D eigenvalue weighted by Crippen LogP contribution is 2.62. The van der Waals surface area contributed by atoms with E-state index in [9.17, 15) is 4.79 Å². The Hall–Kier alpha value is -3.66. The molecule has 42 heavy (non-hydrogen) atoms. The molecule has 0 radical (unpaired) electrons. The number of hydrogen-bond donors (Lipinski definition) is 0. The van der Waals surface area contributed by atoms with E-state index in [1.54, 1.807) is 18.3 Å². The van der Waals surface area contributed by atoms with Crippen LogP contribution in [0.3, 0.4) is 0 Å². The van der Waals surface area contributed by atoms with Crippen molar-refractivity contribution in [1.82, 2.24) is 19.4 Å². The van der Waals surface area contributed by atoms with Crippen LogP contribution in [-0.2, 0) is 28.4 Å². The molecule has 2 aromatic heterocycles. The van der Waals surface area contributed by atoms with E-state index in [4.69, 9.17) is 35.5 Å². The fraction of sp³-hybridized carbons (Fsp3) is 0.406. The number of pyridine rings is 1. The van der Waals surface area contributed by atoms with E-state index in [0.29, 0.717) is 34.0 Å². The van der Waals surface area contributed by atoms with Crippen molar-refractivity contribution in [2.45, 2.75) is 44.2 Å². The number of esters is 1. The third kappa shape index (κ3) is 4.25. The molecule has 5 heterocycles. The average molecular weight is 587 g/mol. The Morgan fingerprint density at radius 2 is 1.98 bits per heavy atom. The summed E-state index contributed by atoms with van der Waals surface area (Å²) in [4.78, 5) is 24.2. The Kier molecular flexibility index (Phi) is 6.00. The van der Waals surface area contributed by atoms with Crippen LogP contribution in [0.5, 0.6) is 11.5 Å². The highest BCUT2D eigenvalue weighted by Gasteiger charge is 2.58. The van der Waals surface area contributed by atoms with Crippen molar-refractivity contribution in [2.75, 3.05) is 26.8 Å². The van der Waals surface area contributed by atoms with Gasteiger partial charge in [0.15, 0.2) is 11.5 Å². The zero-order valence-corrected chi connectivity index (χ0v) is 24.2. The topological polar surface area (TPSA) is 87.9 Å². The number of likely N-dealkylation sites (tertiary alicyclic amines) is 1. The lowest BCUT2D eigenvalue weighted by molar-refractivity contribution is -0.0721. The third-order valence-electron chi connectivity index (χ3n) is 9.23. The smallest absolute Gasteiger partial charge is 0.337 e. The molecule has 10 heteroatoms. The van der Waals surface area contributed by atoms with Crippen LogP contribution in [-0.4, -0.2) is 58.3 Å². The zero-order chi connectivity index (χ0) is 28.6. The number of para-hydroxylation sites is 1. The minimum atomic E-state index is -0.990. The lowest BCUT2D eigenvalue weighted by atomic mass is 10.0. The second kappa shape index (κ2) is 9.69. The molecule has 8 rings (SSSR count). The summed E-state index contributed by atoms with van der Waals surface area (Å²) >= 11 is 6.05. The van der Waals surface area contributed by atoms with Crippen molar-refractivity contribution < 1.29 is 23.7 Å². The second-order valence-electron chi connectivity index (χ2n) is 11.8. The monoisotopic (exact) mass is 586 g/mol. The quantitative estimate of drug-likeness (QED) is 0.275. The number of carbonyl (C=O) groups is 1. The predicted octanol–water partition coefficient (Wildman–Crippen LogP) is 5.15. The first kappa shape index (κ1) is 26.0. The van der Waals surface area contributed by atoms with Gasteiger partial charge in [-0.25, -0.2) is 9.78 Å². The normalized spacial score (nSPS) is 27.6. The van der Waals surface area contributed by atoms with Gasteiger partial charge in [0.25, 0.3) is 5.79 Å². The Bertz CT molecular complexity index is 1690. The molecular formula is C32H31ClN4O5. The largest absolute Gasteiger partial charge is 0.465 e. The highest BCUT2D eigenvalue weighted by atomic mass is 35.5. The number of hydrogen-bond acceptors (Lipinski definition) is 8. The van der Waals surface area contributed by atoms with E-state index in [2.05, 4.69) is 26.6 Å². The van der Waals surface area contributed by atoms with Crippen molar-refractivity contribution in [3.63, 3.8) is 0 Å². The van der Waals surface area contributed by atoms with Gasteiger partial charge in [0.05, 0.1) is 47.9 Å². The van der Waals surface area contributed by atoms with E-state index in [0.717, 1.165) is 67.6 Å². The van der Waals surface area contributed by atoms with Gasteiger partial charge in [-0.2, -0.15) is 0 Å². The van der Waals surface area contributed by atoms with Gasteiger partial charge in [0.1, 0.15) is 11.5 Å². The van der Waals surface area contributed by atoms with Crippen molar-refractivity contribution in [3.05, 3.63) is 82.4 Å². The molecule has 2 unspecified atom stereocenters. The van der Waals surface area contributed by atoms with E-state index in [1.807, 2.05) is 31.2 Å². The van der Waals surface area contributed by atoms with E-state index in [1.165, 1.54) is 12.7 Å². The van der Waals surface area contributed by atoms with Crippen LogP contribution >= 0.6 is 11.6 Å². The number of nitrogens with zero attached hydrogens (tertiary/aromatic N) is 4. The first-order valence-electron chi connectivity index (χ1n) is 14.4. The predicted molar refractivity (Wildman–Crippen MR) is 155 cm³/mol. The molecule has 2 aromatic carbocycles. The number of benzene rings is 2. The maximum absolute atomic E-state index is 12.2. The minimum Gasteiger partial charge on any atom is -0.465 e. The van der Waals surface area contributed by atoms with Crippen molar-refractivity contribution in [2.24, 2.45) is 11.8 Å². The first-order valence-corrected chi connectivity index (χ1v) is 14.8. The molecule has 4 aromatic rings. The van der Waals surface area contributed by atoms with Gasteiger partial charge in [0.2, 0.25) is 0 Å². The molecule has 216 valence electrons. The maximum Gasteiger partial charge on any atom is 0.337 e. The number of ether oxygens (including phenoxy) is 4. The summed E-state index contributed by atoms with van der Waals surface area (Å²) in [6.07, 6.45) is 2.82. The number of piperidine rings is 1. The number of carbonyl (C=O) groups excluding carboxylic acids is 1. The Morgan fingerprint density at radius 1 is 1.14 bits per heavy atom. The number of fused-ring (bicyclic) bond motifs is 3. The van der Waals surface area contributed by atoms with Gasteiger partial charge >= 0.3 is 5.97 Å². The number of aromatic nitrogens is 3. The Labute approximate surface area is 248 Å². The number of imidazole rings is 1. The van der Waals surface area contributed by atoms with Gasteiger partial charge in [-0.1, -0.05) is 23.7 Å². The van der Waals surface area contributed by atoms with E-state index >= 15 is 0 Å². The molecule has 1 aliphatic carbocycles. The fourth-order valence-corrected chi connectivity index (χ4v) is 7.05. The van der Waals surface area contributed by atoms with Crippen LogP contribution in [0, 0.1) is 11.8 Å². The van der Waals surface area contributed by atoms with Gasteiger partial charge in [0, 0.05) is 38.4 Å². The van der Waals surface area contributed by atoms with Gasteiger partial charge in [-0.15, -0.1) is 0 Å². The summed E-state index contributed by atoms with van der Waals surface area (Å²) < 4.78 is 25.7. The van der Waals surface area contributed by atoms with Crippen LogP contribution in [0.15, 0.2) is 54.7 Å². The van der Waals surface area contributed by atoms with Crippen LogP contribution in [0.4, 0.5) is 0 Å². The van der Waals surface area contributed by atoms with Crippen molar-refractivity contribution in [3.8, 4) is 11.5 Å². The second-order valence-corrected chi connectivity index (χ2v) is 12.3. The van der Waals surface area contributed by atoms with Gasteiger partial charge in [-0.3, -0.25) is 9.88 Å². The van der Waals surface area contributed by atoms with Gasteiger partial charge < -0.3 is 23.5 Å². The molecule has 3 fully saturated rings. The first-order chi connectivity index (χ1) is 20.4. The molecule has 2 saturated heterocycles. The summed E-state index contributed by atoms with van der Waals surface area (Å²) in [5.41, 5.74) is 4.26. The molecule has 3 aliphatic heterocycles. The zero-order valence-electron chi connectivity index (χ0n) is 23.5. The molecule has 0 N–H and O–H groups in total. The van der Waals surface area contributed by atoms with Crippen molar-refractivity contribution >= 4 is 28.6 Å². The molecule has 1 saturated carbocycles. The maximum atomic E-state index is 12.2. The van der Waals surface area contributed by atoms with Crippen LogP contribution in [0.2, 0.25) is 5.02 Å². The lowest BCUT2D eigenvalue weighted by Crippen LogP contribution is -2.33. The molecule has 0 amide bonds. The van der Waals surface area contributed by atoms with Gasteiger partial charge in [-0.05, 0) is 60.6 Å². The fourth-order valence-electron chi connectivity index (χ4n) is 6.94. The molecule has 9 nitrogen and oxygen atoms in total. The molecule has 0 spiro atoms. The van der Waals surface area contributed by atoms with E-state index < -0.39 is 5.79 Å². The highest BCUT2D eigenvalue weighted by molar-refractivity contribution is 6.30. The number of methoxy groups -OCH3 is 1. The Morgan fingerprint density at radius 3 is 2.69 bits per heavy atom. The average Bonchev–Trinajstić information content (AvgIpc) is 3.25. The van der Waals surface area contributed by atoms with Crippen molar-refractivity contribution in [1.29, 1.82) is 0 Å². The lowest BCUT2D eigenvalue weighted by Gasteiger charge is -2.28. The summed E-state index contributed by atoms with van der Waals surface area (Å²) in [6, 6.07) is 15.4. The van der Waals surface area contributed by atoms with Crippen LogP contribution < -0.4 is 9.47 Å². The SMILES string of the molecule is COC(=O)c1ccc2nc(CN3C[C@@H]4C(c5cccc6c5OC(C)(c5ccc(Cl)cn5)O6)[C@@H]4C3)n(C[C@@H]3CCO3)c2c1. The third-order valence-corrected chi connectivity index (χ3v) is 9.45. The number of halogens is 1. The molecule has 5 atom stereocenters. The molecule has 4 aliphatic rings. The number of rotatable bonds is 7. The molecular weight excluding hydrogens is 556 g/mol. The van der Waals surface area contributed by atoms with Crippen LogP contribution in [0.1, 0.15) is 46.7 Å². The molecule has 0 bridgehead atoms. The summed E-state index contributed by atoms with van der Waals surface area (Å²) in [6.45, 7) is 6.16.